The van der Waals surface area contributed by atoms with E-state index in [2.05, 4.69) is 31.2 Å². The van der Waals surface area contributed by atoms with Crippen LogP contribution >= 0.6 is 11.6 Å². The smallest absolute Gasteiger partial charge is 0.0613 e. The van der Waals surface area contributed by atoms with E-state index in [0.717, 1.165) is 6.42 Å². The third-order valence-corrected chi connectivity index (χ3v) is 4.38. The molecule has 0 amide bonds. The van der Waals surface area contributed by atoms with Crippen molar-refractivity contribution in [1.29, 1.82) is 0 Å². The first kappa shape index (κ1) is 12.0. The zero-order chi connectivity index (χ0) is 11.4. The van der Waals surface area contributed by atoms with Crippen LogP contribution in [0.3, 0.4) is 0 Å². The van der Waals surface area contributed by atoms with Gasteiger partial charge in [0.1, 0.15) is 0 Å². The molecule has 1 fully saturated rings. The Balaban J connectivity index is 2.04. The van der Waals surface area contributed by atoms with Crippen LogP contribution < -0.4 is 0 Å². The lowest BCUT2D eigenvalue weighted by atomic mass is 9.84. The van der Waals surface area contributed by atoms with E-state index < -0.39 is 0 Å². The predicted molar refractivity (Wildman–Crippen MR) is 71.0 cm³/mol. The van der Waals surface area contributed by atoms with Gasteiger partial charge in [-0.1, -0.05) is 50.5 Å². The summed E-state index contributed by atoms with van der Waals surface area (Å²) in [5.41, 5.74) is 2.71. The SMILES string of the molecule is CCc1ccc(C(Cl)C2CCCCC2)cc1. The number of hydrogen-bond acceptors (Lipinski definition) is 0. The van der Waals surface area contributed by atoms with E-state index in [4.69, 9.17) is 11.6 Å². The normalized spacial score (nSPS) is 19.6. The van der Waals surface area contributed by atoms with Crippen molar-refractivity contribution in [1.82, 2.24) is 0 Å². The molecule has 1 saturated carbocycles. The van der Waals surface area contributed by atoms with Gasteiger partial charge in [-0.05, 0) is 36.3 Å². The Morgan fingerprint density at radius 2 is 1.75 bits per heavy atom. The molecule has 1 aromatic rings. The highest BCUT2D eigenvalue weighted by molar-refractivity contribution is 6.21. The maximum atomic E-state index is 6.58. The van der Waals surface area contributed by atoms with E-state index in [0.29, 0.717) is 5.92 Å². The van der Waals surface area contributed by atoms with Crippen LogP contribution in [-0.2, 0) is 6.42 Å². The van der Waals surface area contributed by atoms with Crippen molar-refractivity contribution >= 4 is 11.6 Å². The third-order valence-electron chi connectivity index (χ3n) is 3.77. The molecule has 0 aromatic heterocycles. The molecule has 0 heterocycles. The molecule has 0 saturated heterocycles. The average molecular weight is 237 g/mol. The lowest BCUT2D eigenvalue weighted by Crippen LogP contribution is -2.12. The van der Waals surface area contributed by atoms with E-state index >= 15 is 0 Å². The van der Waals surface area contributed by atoms with Crippen molar-refractivity contribution in [3.63, 3.8) is 0 Å². The highest BCUT2D eigenvalue weighted by Crippen LogP contribution is 2.38. The fourth-order valence-electron chi connectivity index (χ4n) is 2.64. The number of halogens is 1. The third kappa shape index (κ3) is 2.79. The van der Waals surface area contributed by atoms with Crippen molar-refractivity contribution in [2.24, 2.45) is 5.92 Å². The molecule has 0 radical (unpaired) electrons. The molecule has 0 bridgehead atoms. The quantitative estimate of drug-likeness (QED) is 0.640. The summed E-state index contributed by atoms with van der Waals surface area (Å²) in [6.07, 6.45) is 7.85. The van der Waals surface area contributed by atoms with Crippen LogP contribution in [0.4, 0.5) is 0 Å². The van der Waals surface area contributed by atoms with Crippen LogP contribution in [-0.4, -0.2) is 0 Å². The Labute approximate surface area is 104 Å². The first-order chi connectivity index (χ1) is 7.81. The van der Waals surface area contributed by atoms with E-state index in [1.165, 1.54) is 43.2 Å². The molecule has 1 aliphatic carbocycles. The van der Waals surface area contributed by atoms with Crippen molar-refractivity contribution in [3.8, 4) is 0 Å². The summed E-state index contributed by atoms with van der Waals surface area (Å²) in [7, 11) is 0. The van der Waals surface area contributed by atoms with Gasteiger partial charge in [0.25, 0.3) is 0 Å². The molecular formula is C15H21Cl. The number of alkyl halides is 1. The summed E-state index contributed by atoms with van der Waals surface area (Å²) in [5, 5.41) is 0.228. The lowest BCUT2D eigenvalue weighted by Gasteiger charge is -2.26. The van der Waals surface area contributed by atoms with Crippen molar-refractivity contribution in [2.75, 3.05) is 0 Å². The van der Waals surface area contributed by atoms with E-state index in [1.807, 2.05) is 0 Å². The highest BCUT2D eigenvalue weighted by atomic mass is 35.5. The second-order valence-corrected chi connectivity index (χ2v) is 5.37. The summed E-state index contributed by atoms with van der Waals surface area (Å²) < 4.78 is 0. The molecule has 0 spiro atoms. The molecular weight excluding hydrogens is 216 g/mol. The highest BCUT2D eigenvalue weighted by Gasteiger charge is 2.22. The first-order valence-corrected chi connectivity index (χ1v) is 6.98. The van der Waals surface area contributed by atoms with Gasteiger partial charge in [0.05, 0.1) is 5.38 Å². The molecule has 2 rings (SSSR count). The Morgan fingerprint density at radius 3 is 2.31 bits per heavy atom. The Morgan fingerprint density at radius 1 is 1.12 bits per heavy atom. The minimum Gasteiger partial charge on any atom is -0.118 e. The van der Waals surface area contributed by atoms with E-state index in [-0.39, 0.29) is 5.38 Å². The van der Waals surface area contributed by atoms with Gasteiger partial charge < -0.3 is 0 Å². The summed E-state index contributed by atoms with van der Waals surface area (Å²) >= 11 is 6.58. The van der Waals surface area contributed by atoms with Crippen LogP contribution in [0.15, 0.2) is 24.3 Å². The zero-order valence-electron chi connectivity index (χ0n) is 10.1. The molecule has 0 N–H and O–H groups in total. The topological polar surface area (TPSA) is 0 Å². The van der Waals surface area contributed by atoms with Crippen molar-refractivity contribution < 1.29 is 0 Å². The van der Waals surface area contributed by atoms with Gasteiger partial charge in [-0.2, -0.15) is 0 Å². The van der Waals surface area contributed by atoms with Gasteiger partial charge in [-0.3, -0.25) is 0 Å². The Hall–Kier alpha value is -0.490. The molecule has 1 heteroatoms. The number of hydrogen-bond donors (Lipinski definition) is 0. The molecule has 1 unspecified atom stereocenters. The van der Waals surface area contributed by atoms with Crippen LogP contribution in [0.5, 0.6) is 0 Å². The molecule has 16 heavy (non-hydrogen) atoms. The van der Waals surface area contributed by atoms with Gasteiger partial charge in [-0.15, -0.1) is 11.6 Å². The largest absolute Gasteiger partial charge is 0.118 e. The lowest BCUT2D eigenvalue weighted by molar-refractivity contribution is 0.348. The molecule has 1 aliphatic rings. The minimum absolute atomic E-state index is 0.228. The van der Waals surface area contributed by atoms with Gasteiger partial charge in [0.15, 0.2) is 0 Å². The fourth-order valence-corrected chi connectivity index (χ4v) is 3.03. The standard InChI is InChI=1S/C15H21Cl/c1-2-12-8-10-14(11-9-12)15(16)13-6-4-3-5-7-13/h8-11,13,15H,2-7H2,1H3. The second-order valence-electron chi connectivity index (χ2n) is 4.89. The van der Waals surface area contributed by atoms with Crippen molar-refractivity contribution in [3.05, 3.63) is 35.4 Å². The maximum Gasteiger partial charge on any atom is 0.0613 e. The van der Waals surface area contributed by atoms with Crippen LogP contribution in [0, 0.1) is 5.92 Å². The number of rotatable bonds is 3. The van der Waals surface area contributed by atoms with Crippen molar-refractivity contribution in [2.45, 2.75) is 50.8 Å². The van der Waals surface area contributed by atoms with Gasteiger partial charge in [0.2, 0.25) is 0 Å². The molecule has 88 valence electrons. The van der Waals surface area contributed by atoms with Gasteiger partial charge >= 0.3 is 0 Å². The van der Waals surface area contributed by atoms with Crippen LogP contribution in [0.1, 0.15) is 55.5 Å². The maximum absolute atomic E-state index is 6.58. The molecule has 0 nitrogen and oxygen atoms in total. The monoisotopic (exact) mass is 236 g/mol. The average Bonchev–Trinajstić information content (AvgIpc) is 2.39. The summed E-state index contributed by atoms with van der Waals surface area (Å²) in [5.74, 6) is 0.697. The summed E-state index contributed by atoms with van der Waals surface area (Å²) in [6, 6.07) is 8.86. The van der Waals surface area contributed by atoms with E-state index in [9.17, 15) is 0 Å². The van der Waals surface area contributed by atoms with Crippen LogP contribution in [0.25, 0.3) is 0 Å². The Bertz CT molecular complexity index is 309. The first-order valence-electron chi connectivity index (χ1n) is 6.54. The summed E-state index contributed by atoms with van der Waals surface area (Å²) in [6.45, 7) is 2.19. The van der Waals surface area contributed by atoms with Crippen LogP contribution in [0.2, 0.25) is 0 Å². The number of aryl methyl sites for hydroxylation is 1. The second kappa shape index (κ2) is 5.72. The molecule has 1 aromatic carbocycles. The minimum atomic E-state index is 0.228. The number of benzene rings is 1. The zero-order valence-corrected chi connectivity index (χ0v) is 10.8. The summed E-state index contributed by atoms with van der Waals surface area (Å²) in [4.78, 5) is 0. The van der Waals surface area contributed by atoms with Gasteiger partial charge in [0, 0.05) is 0 Å². The van der Waals surface area contributed by atoms with E-state index in [1.54, 1.807) is 0 Å². The van der Waals surface area contributed by atoms with Gasteiger partial charge in [-0.25, -0.2) is 0 Å². The predicted octanol–water partition coefficient (Wildman–Crippen LogP) is 5.11. The Kier molecular flexibility index (Phi) is 4.29. The fraction of sp³-hybridized carbons (Fsp3) is 0.600. The molecule has 1 atom stereocenters. The molecule has 0 aliphatic heterocycles.